The average molecular weight is 285 g/mol. The van der Waals surface area contributed by atoms with Gasteiger partial charge in [-0.15, -0.1) is 11.3 Å². The molecular formula is C11H9ClN2O3S. The first-order valence-corrected chi connectivity index (χ1v) is 6.29. The van der Waals surface area contributed by atoms with E-state index in [-0.39, 0.29) is 19.0 Å². The number of rotatable bonds is 2. The Morgan fingerprint density at radius 2 is 2.00 bits per heavy atom. The van der Waals surface area contributed by atoms with Crippen LogP contribution >= 0.6 is 22.9 Å². The van der Waals surface area contributed by atoms with Gasteiger partial charge in [0.05, 0.1) is 4.34 Å². The molecule has 18 heavy (non-hydrogen) atoms. The van der Waals surface area contributed by atoms with Crippen LogP contribution in [0, 0.1) is 0 Å². The van der Waals surface area contributed by atoms with Crippen molar-refractivity contribution < 1.29 is 14.4 Å². The lowest BCUT2D eigenvalue weighted by molar-refractivity contribution is -0.143. The summed E-state index contributed by atoms with van der Waals surface area (Å²) >= 11 is 7.09. The maximum atomic E-state index is 11.7. The molecule has 1 aliphatic rings. The van der Waals surface area contributed by atoms with Crippen molar-refractivity contribution in [3.8, 4) is 0 Å². The number of piperazine rings is 1. The van der Waals surface area contributed by atoms with Gasteiger partial charge < -0.3 is 4.90 Å². The van der Waals surface area contributed by atoms with Crippen molar-refractivity contribution in [2.75, 3.05) is 13.1 Å². The second-order valence-corrected chi connectivity index (χ2v) is 5.39. The highest BCUT2D eigenvalue weighted by atomic mass is 35.5. The number of hydrogen-bond acceptors (Lipinski definition) is 4. The number of nitrogens with zero attached hydrogens (tertiary/aromatic N) is 1. The third-order valence-corrected chi connectivity index (χ3v) is 3.44. The molecular weight excluding hydrogens is 276 g/mol. The van der Waals surface area contributed by atoms with Crippen molar-refractivity contribution in [1.82, 2.24) is 10.2 Å². The van der Waals surface area contributed by atoms with Crippen LogP contribution in [0.25, 0.3) is 6.08 Å². The summed E-state index contributed by atoms with van der Waals surface area (Å²) in [6.07, 6.45) is 2.93. The van der Waals surface area contributed by atoms with Crippen LogP contribution in [0.1, 0.15) is 4.88 Å². The fourth-order valence-corrected chi connectivity index (χ4v) is 2.43. The zero-order chi connectivity index (χ0) is 13.1. The highest BCUT2D eigenvalue weighted by Gasteiger charge is 2.24. The van der Waals surface area contributed by atoms with E-state index in [0.29, 0.717) is 4.34 Å². The predicted molar refractivity (Wildman–Crippen MR) is 68.1 cm³/mol. The molecule has 0 aliphatic carbocycles. The Balaban J connectivity index is 2.01. The van der Waals surface area contributed by atoms with Crippen LogP contribution in [0.3, 0.4) is 0 Å². The van der Waals surface area contributed by atoms with E-state index in [1.165, 1.54) is 22.3 Å². The number of thiophene rings is 1. The van der Waals surface area contributed by atoms with Gasteiger partial charge in [0.2, 0.25) is 17.7 Å². The maximum absolute atomic E-state index is 11.7. The van der Waals surface area contributed by atoms with E-state index >= 15 is 0 Å². The fraction of sp³-hybridized carbons (Fsp3) is 0.182. The Labute approximate surface area is 112 Å². The van der Waals surface area contributed by atoms with Crippen molar-refractivity contribution in [3.63, 3.8) is 0 Å². The smallest absolute Gasteiger partial charge is 0.247 e. The summed E-state index contributed by atoms with van der Waals surface area (Å²) in [4.78, 5) is 36.0. The molecule has 94 valence electrons. The Hall–Kier alpha value is -1.66. The zero-order valence-corrected chi connectivity index (χ0v) is 10.8. The molecule has 0 spiro atoms. The van der Waals surface area contributed by atoms with Crippen LogP contribution in [0.5, 0.6) is 0 Å². The highest BCUT2D eigenvalue weighted by Crippen LogP contribution is 2.22. The van der Waals surface area contributed by atoms with Gasteiger partial charge in [0.1, 0.15) is 13.1 Å². The molecule has 1 saturated heterocycles. The first-order chi connectivity index (χ1) is 8.54. The van der Waals surface area contributed by atoms with Gasteiger partial charge in [-0.25, -0.2) is 0 Å². The van der Waals surface area contributed by atoms with Gasteiger partial charge in [-0.2, -0.15) is 0 Å². The SMILES string of the molecule is O=C1CN(C(=O)C=Cc2ccc(Cl)s2)CC(=O)N1. The number of nitrogens with one attached hydrogen (secondary N) is 1. The molecule has 7 heteroatoms. The number of imide groups is 1. The van der Waals surface area contributed by atoms with Gasteiger partial charge in [0.15, 0.2) is 0 Å². The summed E-state index contributed by atoms with van der Waals surface area (Å²) in [5, 5.41) is 2.13. The van der Waals surface area contributed by atoms with Gasteiger partial charge in [0, 0.05) is 11.0 Å². The third kappa shape index (κ3) is 3.18. The number of halogens is 1. The number of carbonyl (C=O) groups is 3. The molecule has 2 rings (SSSR count). The molecule has 1 aromatic heterocycles. The largest absolute Gasteiger partial charge is 0.321 e. The molecule has 1 aliphatic heterocycles. The molecule has 0 radical (unpaired) electrons. The molecule has 2 heterocycles. The molecule has 0 unspecified atom stereocenters. The molecule has 0 aromatic carbocycles. The van der Waals surface area contributed by atoms with Crippen molar-refractivity contribution >= 4 is 46.7 Å². The number of carbonyl (C=O) groups excluding carboxylic acids is 3. The Morgan fingerprint density at radius 3 is 2.56 bits per heavy atom. The summed E-state index contributed by atoms with van der Waals surface area (Å²) in [6.45, 7) is -0.194. The van der Waals surface area contributed by atoms with Crippen LogP contribution < -0.4 is 5.32 Å². The number of amides is 3. The molecule has 1 fully saturated rings. The number of hydrogen-bond donors (Lipinski definition) is 1. The molecule has 1 aromatic rings. The highest BCUT2D eigenvalue weighted by molar-refractivity contribution is 7.17. The van der Waals surface area contributed by atoms with Gasteiger partial charge in [0.25, 0.3) is 0 Å². The van der Waals surface area contributed by atoms with Crippen molar-refractivity contribution in [3.05, 3.63) is 27.4 Å². The Kier molecular flexibility index (Phi) is 3.78. The van der Waals surface area contributed by atoms with Crippen molar-refractivity contribution in [1.29, 1.82) is 0 Å². The van der Waals surface area contributed by atoms with Crippen LogP contribution in [0.2, 0.25) is 4.34 Å². The van der Waals surface area contributed by atoms with Crippen LogP contribution in [0.15, 0.2) is 18.2 Å². The second-order valence-electron chi connectivity index (χ2n) is 3.64. The van der Waals surface area contributed by atoms with E-state index in [0.717, 1.165) is 4.88 Å². The van der Waals surface area contributed by atoms with E-state index in [2.05, 4.69) is 5.32 Å². The zero-order valence-electron chi connectivity index (χ0n) is 9.18. The first kappa shape index (κ1) is 12.8. The van der Waals surface area contributed by atoms with Gasteiger partial charge in [-0.3, -0.25) is 19.7 Å². The van der Waals surface area contributed by atoms with E-state index in [9.17, 15) is 14.4 Å². The topological polar surface area (TPSA) is 66.5 Å². The molecule has 3 amide bonds. The summed E-state index contributed by atoms with van der Waals surface area (Å²) < 4.78 is 0.634. The van der Waals surface area contributed by atoms with Crippen LogP contribution in [-0.4, -0.2) is 35.7 Å². The Bertz CT molecular complexity index is 522. The summed E-state index contributed by atoms with van der Waals surface area (Å²) in [5.41, 5.74) is 0. The minimum atomic E-state index is -0.466. The lowest BCUT2D eigenvalue weighted by atomic mass is 10.3. The van der Waals surface area contributed by atoms with E-state index in [1.54, 1.807) is 18.2 Å². The monoisotopic (exact) mass is 284 g/mol. The van der Waals surface area contributed by atoms with Crippen LogP contribution in [0.4, 0.5) is 0 Å². The minimum absolute atomic E-state index is 0.0971. The lowest BCUT2D eigenvalue weighted by Gasteiger charge is -2.24. The Morgan fingerprint density at radius 1 is 1.33 bits per heavy atom. The second kappa shape index (κ2) is 5.32. The molecule has 0 saturated carbocycles. The predicted octanol–water partition coefficient (Wildman–Crippen LogP) is 0.900. The standard InChI is InChI=1S/C11H9ClN2O3S/c12-8-3-1-7(18-8)2-4-11(17)14-5-9(15)13-10(16)6-14/h1-4H,5-6H2,(H,13,15,16). The quantitative estimate of drug-likeness (QED) is 0.648. The molecule has 5 nitrogen and oxygen atoms in total. The summed E-state index contributed by atoms with van der Waals surface area (Å²) in [5.74, 6) is -1.30. The molecule has 0 atom stereocenters. The lowest BCUT2D eigenvalue weighted by Crippen LogP contribution is -2.52. The van der Waals surface area contributed by atoms with Crippen molar-refractivity contribution in [2.45, 2.75) is 0 Å². The first-order valence-electron chi connectivity index (χ1n) is 5.09. The summed E-state index contributed by atoms with van der Waals surface area (Å²) in [6, 6.07) is 3.51. The third-order valence-electron chi connectivity index (χ3n) is 2.24. The van der Waals surface area contributed by atoms with E-state index < -0.39 is 11.8 Å². The van der Waals surface area contributed by atoms with E-state index in [4.69, 9.17) is 11.6 Å². The average Bonchev–Trinajstić information content (AvgIpc) is 2.70. The minimum Gasteiger partial charge on any atom is -0.321 e. The maximum Gasteiger partial charge on any atom is 0.247 e. The normalized spacial score (nSPS) is 16.2. The van der Waals surface area contributed by atoms with Crippen LogP contribution in [-0.2, 0) is 14.4 Å². The summed E-state index contributed by atoms with van der Waals surface area (Å²) in [7, 11) is 0. The van der Waals surface area contributed by atoms with Crippen molar-refractivity contribution in [2.24, 2.45) is 0 Å². The van der Waals surface area contributed by atoms with Gasteiger partial charge in [-0.1, -0.05) is 11.6 Å². The van der Waals surface area contributed by atoms with Gasteiger partial charge >= 0.3 is 0 Å². The molecule has 0 bridgehead atoms. The molecule has 1 N–H and O–H groups in total. The van der Waals surface area contributed by atoms with E-state index in [1.807, 2.05) is 0 Å². The van der Waals surface area contributed by atoms with Gasteiger partial charge in [-0.05, 0) is 18.2 Å². The fourth-order valence-electron chi connectivity index (χ4n) is 1.47.